The number of benzene rings is 1. The summed E-state index contributed by atoms with van der Waals surface area (Å²) in [7, 11) is 0. The van der Waals surface area contributed by atoms with Crippen LogP contribution in [0.15, 0.2) is 42.4 Å². The molecule has 0 bridgehead atoms. The van der Waals surface area contributed by atoms with Crippen LogP contribution in [0.1, 0.15) is 55.1 Å². The molecule has 1 fully saturated rings. The summed E-state index contributed by atoms with van der Waals surface area (Å²) in [5, 5.41) is 27.5. The third-order valence-corrected chi connectivity index (χ3v) is 7.58. The second-order valence-electron chi connectivity index (χ2n) is 11.2. The molecule has 1 saturated carbocycles. The zero-order chi connectivity index (χ0) is 31.2. The number of halogens is 4. The van der Waals surface area contributed by atoms with Gasteiger partial charge in [0.1, 0.15) is 6.07 Å². The topological polar surface area (TPSA) is 125 Å². The molecule has 3 aromatic rings. The van der Waals surface area contributed by atoms with E-state index in [1.54, 1.807) is 32.9 Å². The van der Waals surface area contributed by atoms with Gasteiger partial charge >= 0.3 is 6.18 Å². The van der Waals surface area contributed by atoms with Gasteiger partial charge in [-0.3, -0.25) is 9.99 Å². The van der Waals surface area contributed by atoms with Crippen molar-refractivity contribution >= 4 is 22.3 Å². The standard InChI is InChI=1S/C30H27F4N9/c1-5-18-13-37-26-19(12-35)10-20(11-22(26)25(18)38-16-28(3,4)15-36)40-27(21-6-7-24(31)39-17(21)2)23-14-43(42-41-23)29(8-9-29)30(32,33)34/h1,6-7,10-11,13-14,27,40-42H,8-9,16H2,2-4H3,(H,37,38)/t27-/m0/s1. The first-order valence-electron chi connectivity index (χ1n) is 13.3. The second-order valence-corrected chi connectivity index (χ2v) is 11.2. The van der Waals surface area contributed by atoms with Gasteiger partial charge in [0.05, 0.1) is 45.6 Å². The SMILES string of the molecule is C#Cc1cnc2c(C#N)cc(N[C@H](C3=CN(C4(C(F)(F)F)CC4)NN3)c3ccc(F)nc3C)cc2c1NCC(C)(C)C#N. The largest absolute Gasteiger partial charge is 0.413 e. The predicted molar refractivity (Wildman–Crippen MR) is 152 cm³/mol. The van der Waals surface area contributed by atoms with E-state index in [0.717, 1.165) is 5.01 Å². The summed E-state index contributed by atoms with van der Waals surface area (Å²) < 4.78 is 55.5. The molecule has 0 unspecified atom stereocenters. The van der Waals surface area contributed by atoms with Crippen LogP contribution in [0.2, 0.25) is 0 Å². The molecule has 0 radical (unpaired) electrons. The van der Waals surface area contributed by atoms with E-state index in [1.807, 2.05) is 0 Å². The van der Waals surface area contributed by atoms with Crippen LogP contribution in [0.5, 0.6) is 0 Å². The third-order valence-electron chi connectivity index (χ3n) is 7.58. The van der Waals surface area contributed by atoms with E-state index in [1.165, 1.54) is 24.5 Å². The van der Waals surface area contributed by atoms with E-state index in [0.29, 0.717) is 44.8 Å². The molecule has 1 atom stereocenters. The fourth-order valence-electron chi connectivity index (χ4n) is 4.94. The molecule has 5 rings (SSSR count). The lowest BCUT2D eigenvalue weighted by Crippen LogP contribution is -2.52. The van der Waals surface area contributed by atoms with Crippen molar-refractivity contribution in [2.75, 3.05) is 17.2 Å². The first-order valence-corrected chi connectivity index (χ1v) is 13.3. The summed E-state index contributed by atoms with van der Waals surface area (Å²) in [6, 6.07) is 9.46. The normalized spacial score (nSPS) is 16.4. The van der Waals surface area contributed by atoms with Crippen molar-refractivity contribution < 1.29 is 17.6 Å². The first kappa shape index (κ1) is 29.4. The Morgan fingerprint density at radius 3 is 2.53 bits per heavy atom. The van der Waals surface area contributed by atoms with Crippen LogP contribution < -0.4 is 21.6 Å². The van der Waals surface area contributed by atoms with Gasteiger partial charge in [-0.25, -0.2) is 4.98 Å². The minimum atomic E-state index is -4.46. The second kappa shape index (κ2) is 10.6. The number of anilines is 2. The Balaban J connectivity index is 1.61. The van der Waals surface area contributed by atoms with E-state index in [2.05, 4.69) is 49.6 Å². The maximum atomic E-state index is 14.0. The highest BCUT2D eigenvalue weighted by molar-refractivity contribution is 5.99. The molecule has 2 aromatic heterocycles. The highest BCUT2D eigenvalue weighted by Gasteiger charge is 2.67. The number of rotatable bonds is 8. The van der Waals surface area contributed by atoms with Crippen LogP contribution in [-0.4, -0.2) is 33.2 Å². The number of aryl methyl sites for hydroxylation is 1. The summed E-state index contributed by atoms with van der Waals surface area (Å²) in [4.78, 5) is 8.30. The Hall–Kier alpha value is -5.06. The van der Waals surface area contributed by atoms with Gasteiger partial charge in [0.2, 0.25) is 5.95 Å². The van der Waals surface area contributed by atoms with Crippen LogP contribution in [-0.2, 0) is 0 Å². The number of hydrogen-bond donors (Lipinski definition) is 4. The minimum Gasteiger partial charge on any atom is -0.382 e. The number of terminal acetylenes is 1. The van der Waals surface area contributed by atoms with Crippen molar-refractivity contribution in [2.24, 2.45) is 5.41 Å². The third kappa shape index (κ3) is 5.45. The quantitative estimate of drug-likeness (QED) is 0.157. The van der Waals surface area contributed by atoms with Gasteiger partial charge in [0, 0.05) is 41.3 Å². The molecular weight excluding hydrogens is 562 g/mol. The molecule has 3 heterocycles. The number of fused-ring (bicyclic) bond motifs is 1. The van der Waals surface area contributed by atoms with E-state index >= 15 is 0 Å². The molecule has 0 amide bonds. The molecule has 4 N–H and O–H groups in total. The van der Waals surface area contributed by atoms with Gasteiger partial charge < -0.3 is 16.1 Å². The number of hydrazine groups is 2. The Morgan fingerprint density at radius 1 is 1.19 bits per heavy atom. The average molecular weight is 590 g/mol. The monoisotopic (exact) mass is 589 g/mol. The van der Waals surface area contributed by atoms with Crippen LogP contribution in [0, 0.1) is 53.3 Å². The van der Waals surface area contributed by atoms with Gasteiger partial charge in [0.15, 0.2) is 5.54 Å². The average Bonchev–Trinajstić information content (AvgIpc) is 3.65. The summed E-state index contributed by atoms with van der Waals surface area (Å²) in [6.07, 6.45) is 3.96. The van der Waals surface area contributed by atoms with Crippen LogP contribution >= 0.6 is 0 Å². The number of nitrogens with zero attached hydrogens (tertiary/aromatic N) is 5. The highest BCUT2D eigenvalue weighted by atomic mass is 19.4. The van der Waals surface area contributed by atoms with Crippen molar-refractivity contribution in [1.29, 1.82) is 10.5 Å². The van der Waals surface area contributed by atoms with Crippen LogP contribution in [0.25, 0.3) is 10.9 Å². The summed E-state index contributed by atoms with van der Waals surface area (Å²) in [5.74, 6) is 1.88. The molecule has 1 aliphatic heterocycles. The first-order chi connectivity index (χ1) is 20.3. The molecule has 2 aliphatic rings. The molecule has 0 spiro atoms. The molecule has 43 heavy (non-hydrogen) atoms. The molecule has 1 aliphatic carbocycles. The Bertz CT molecular complexity index is 1750. The van der Waals surface area contributed by atoms with Gasteiger partial charge in [-0.2, -0.15) is 28.1 Å². The molecule has 9 nitrogen and oxygen atoms in total. The number of hydrogen-bond acceptors (Lipinski definition) is 9. The lowest BCUT2D eigenvalue weighted by Gasteiger charge is -2.28. The zero-order valence-electron chi connectivity index (χ0n) is 23.5. The molecule has 1 aromatic carbocycles. The van der Waals surface area contributed by atoms with E-state index in [9.17, 15) is 28.1 Å². The lowest BCUT2D eigenvalue weighted by molar-refractivity contribution is -0.195. The van der Waals surface area contributed by atoms with E-state index in [4.69, 9.17) is 6.42 Å². The van der Waals surface area contributed by atoms with E-state index < -0.39 is 29.1 Å². The number of alkyl halides is 3. The van der Waals surface area contributed by atoms with Crippen molar-refractivity contribution in [2.45, 2.75) is 51.4 Å². The van der Waals surface area contributed by atoms with Gasteiger partial charge in [-0.15, -0.1) is 12.0 Å². The van der Waals surface area contributed by atoms with Crippen molar-refractivity contribution in [3.8, 4) is 24.5 Å². The molecule has 220 valence electrons. The number of pyridine rings is 2. The lowest BCUT2D eigenvalue weighted by atomic mass is 9.95. The Kier molecular flexibility index (Phi) is 7.29. The van der Waals surface area contributed by atoms with Gasteiger partial charge in [0.25, 0.3) is 0 Å². The van der Waals surface area contributed by atoms with Gasteiger partial charge in [-0.05, 0) is 51.8 Å². The van der Waals surface area contributed by atoms with E-state index in [-0.39, 0.29) is 24.9 Å². The van der Waals surface area contributed by atoms with Crippen LogP contribution in [0.4, 0.5) is 28.9 Å². The van der Waals surface area contributed by atoms with Gasteiger partial charge in [-0.1, -0.05) is 12.0 Å². The maximum Gasteiger partial charge on any atom is 0.413 e. The number of nitrogens with one attached hydrogen (secondary N) is 4. The Morgan fingerprint density at radius 2 is 1.93 bits per heavy atom. The fourth-order valence-corrected chi connectivity index (χ4v) is 4.94. The summed E-state index contributed by atoms with van der Waals surface area (Å²) in [5.41, 5.74) is 5.70. The van der Waals surface area contributed by atoms with Crippen LogP contribution in [0.3, 0.4) is 0 Å². The molecular formula is C30H27F4N9. The number of nitriles is 2. The van der Waals surface area contributed by atoms with Crippen molar-refractivity contribution in [1.82, 2.24) is 25.9 Å². The smallest absolute Gasteiger partial charge is 0.382 e. The minimum absolute atomic E-state index is 0.0662. The van der Waals surface area contributed by atoms with Crippen molar-refractivity contribution in [3.63, 3.8) is 0 Å². The highest BCUT2D eigenvalue weighted by Crippen LogP contribution is 2.53. The van der Waals surface area contributed by atoms with Crippen molar-refractivity contribution in [3.05, 3.63) is 70.7 Å². The zero-order valence-corrected chi connectivity index (χ0v) is 23.5. The summed E-state index contributed by atoms with van der Waals surface area (Å²) >= 11 is 0. The maximum absolute atomic E-state index is 14.0. The molecule has 13 heteroatoms. The molecule has 0 saturated heterocycles. The fraction of sp³-hybridized carbons (Fsp3) is 0.333. The summed E-state index contributed by atoms with van der Waals surface area (Å²) in [6.45, 7) is 5.37. The number of aromatic nitrogens is 2. The Labute approximate surface area is 245 Å². The predicted octanol–water partition coefficient (Wildman–Crippen LogP) is 5.31.